The van der Waals surface area contributed by atoms with E-state index in [9.17, 15) is 18.0 Å². The van der Waals surface area contributed by atoms with Crippen molar-refractivity contribution < 1.29 is 32.3 Å². The number of nitrogens with zero attached hydrogens (tertiary/aromatic N) is 3. The number of hydroxylamine groups is 1. The van der Waals surface area contributed by atoms with Crippen molar-refractivity contribution in [2.75, 3.05) is 31.5 Å². The number of hydrogen-bond acceptors (Lipinski definition) is 8. The van der Waals surface area contributed by atoms with Crippen molar-refractivity contribution in [1.29, 1.82) is 0 Å². The summed E-state index contributed by atoms with van der Waals surface area (Å²) in [5, 5.41) is 1.17. The monoisotopic (exact) mass is 679 g/mol. The smallest absolute Gasteiger partial charge is 0.410 e. The molecule has 3 aromatic rings. The second-order valence-electron chi connectivity index (χ2n) is 14.7. The molecular formula is C37H49N3O7S. The van der Waals surface area contributed by atoms with E-state index >= 15 is 0 Å². The Bertz CT molecular complexity index is 1730. The number of amides is 2. The summed E-state index contributed by atoms with van der Waals surface area (Å²) >= 11 is 0. The lowest BCUT2D eigenvalue weighted by atomic mass is 9.86. The van der Waals surface area contributed by atoms with Gasteiger partial charge < -0.3 is 14.4 Å². The van der Waals surface area contributed by atoms with E-state index in [1.54, 1.807) is 35.4 Å². The molecule has 2 amide bonds. The lowest BCUT2D eigenvalue weighted by molar-refractivity contribution is 0.0184. The van der Waals surface area contributed by atoms with Gasteiger partial charge in [0.2, 0.25) is 0 Å². The van der Waals surface area contributed by atoms with E-state index in [0.717, 1.165) is 36.1 Å². The van der Waals surface area contributed by atoms with Gasteiger partial charge in [-0.3, -0.25) is 14.6 Å². The zero-order valence-corrected chi connectivity index (χ0v) is 30.4. The number of aryl methyl sites for hydroxylation is 1. The van der Waals surface area contributed by atoms with Crippen LogP contribution in [0.4, 0.5) is 10.5 Å². The van der Waals surface area contributed by atoms with Crippen LogP contribution in [0.15, 0.2) is 54.7 Å². The summed E-state index contributed by atoms with van der Waals surface area (Å²) < 4.78 is 36.1. The minimum absolute atomic E-state index is 0.155. The van der Waals surface area contributed by atoms with Gasteiger partial charge >= 0.3 is 6.09 Å². The summed E-state index contributed by atoms with van der Waals surface area (Å²) in [6.07, 6.45) is 5.11. The Labute approximate surface area is 285 Å². The number of pyridine rings is 1. The normalized spacial score (nSPS) is 14.5. The van der Waals surface area contributed by atoms with Crippen molar-refractivity contribution in [3.8, 4) is 11.5 Å². The van der Waals surface area contributed by atoms with E-state index in [4.69, 9.17) is 14.3 Å². The summed E-state index contributed by atoms with van der Waals surface area (Å²) in [6, 6.07) is 14.3. The van der Waals surface area contributed by atoms with E-state index in [-0.39, 0.29) is 17.3 Å². The van der Waals surface area contributed by atoms with Gasteiger partial charge in [0.1, 0.15) is 17.1 Å². The molecule has 0 spiro atoms. The number of ether oxygens (including phenoxy) is 2. The summed E-state index contributed by atoms with van der Waals surface area (Å²) in [4.78, 5) is 38.2. The topological polar surface area (TPSA) is 115 Å². The van der Waals surface area contributed by atoms with Gasteiger partial charge in [-0.05, 0) is 105 Å². The van der Waals surface area contributed by atoms with Gasteiger partial charge in [0.15, 0.2) is 9.84 Å². The second kappa shape index (κ2) is 14.7. The largest absolute Gasteiger partial charge is 0.457 e. The van der Waals surface area contributed by atoms with Crippen LogP contribution in [0.25, 0.3) is 0 Å². The molecule has 1 fully saturated rings. The van der Waals surface area contributed by atoms with Crippen LogP contribution in [0.1, 0.15) is 87.1 Å². The fourth-order valence-electron chi connectivity index (χ4n) is 5.58. The number of hydrogen-bond donors (Lipinski definition) is 0. The van der Waals surface area contributed by atoms with Gasteiger partial charge in [0.25, 0.3) is 5.91 Å². The predicted molar refractivity (Wildman–Crippen MR) is 187 cm³/mol. The van der Waals surface area contributed by atoms with Crippen molar-refractivity contribution in [2.45, 2.75) is 84.5 Å². The molecule has 260 valence electrons. The van der Waals surface area contributed by atoms with Crippen molar-refractivity contribution >= 4 is 27.5 Å². The predicted octanol–water partition coefficient (Wildman–Crippen LogP) is 7.42. The second-order valence-corrected chi connectivity index (χ2v) is 16.8. The molecule has 0 bridgehead atoms. The minimum atomic E-state index is -3.31. The molecule has 1 aliphatic heterocycles. The van der Waals surface area contributed by atoms with Gasteiger partial charge in [-0.15, -0.1) is 0 Å². The van der Waals surface area contributed by atoms with Crippen LogP contribution in [0.5, 0.6) is 11.5 Å². The molecule has 1 aromatic heterocycles. The highest BCUT2D eigenvalue weighted by atomic mass is 32.2. The summed E-state index contributed by atoms with van der Waals surface area (Å²) in [5.41, 5.74) is 3.15. The number of sulfone groups is 1. The lowest BCUT2D eigenvalue weighted by Crippen LogP contribution is -2.42. The highest BCUT2D eigenvalue weighted by Crippen LogP contribution is 2.32. The van der Waals surface area contributed by atoms with Gasteiger partial charge in [0.05, 0.1) is 18.6 Å². The Morgan fingerprint density at radius 1 is 0.979 bits per heavy atom. The van der Waals surface area contributed by atoms with Crippen LogP contribution in [-0.2, 0) is 37.0 Å². The number of aromatic nitrogens is 1. The fraction of sp³-hybridized carbons (Fsp3) is 0.486. The van der Waals surface area contributed by atoms with Crippen LogP contribution < -0.4 is 9.80 Å². The number of piperidine rings is 1. The van der Waals surface area contributed by atoms with E-state index in [2.05, 4.69) is 4.98 Å². The van der Waals surface area contributed by atoms with E-state index in [0.29, 0.717) is 47.3 Å². The molecule has 0 atom stereocenters. The summed E-state index contributed by atoms with van der Waals surface area (Å²) in [5.74, 6) is 0.916. The third-order valence-electron chi connectivity index (χ3n) is 8.09. The summed E-state index contributed by atoms with van der Waals surface area (Å²) in [7, 11) is -1.90. The number of carbonyl (C=O) groups is 2. The zero-order valence-electron chi connectivity index (χ0n) is 29.6. The minimum Gasteiger partial charge on any atom is -0.457 e. The number of anilines is 1. The Kier molecular flexibility index (Phi) is 11.3. The zero-order chi connectivity index (χ0) is 35.4. The number of benzene rings is 2. The quantitative estimate of drug-likeness (QED) is 0.215. The molecule has 11 heteroatoms. The standard InChI is InChI=1S/C37H49N3O7S/c1-25-10-11-28(34(41)40(45-8)31-20-27(24-48(9,43)44)18-29(22-31)36(2,3)4)21-33(25)46-32-12-15-38-30(23-32)19-26-13-16-39(17-14-26)35(42)47-37(5,6)7/h10-12,15,18,20-23,26H,13-14,16-17,19,24H2,1-9H3. The van der Waals surface area contributed by atoms with E-state index in [1.807, 2.05) is 72.7 Å². The highest BCUT2D eigenvalue weighted by Gasteiger charge is 2.28. The Hall–Kier alpha value is -3.96. The Morgan fingerprint density at radius 2 is 1.67 bits per heavy atom. The molecule has 0 radical (unpaired) electrons. The first-order chi connectivity index (χ1) is 22.3. The van der Waals surface area contributed by atoms with Gasteiger partial charge in [-0.1, -0.05) is 32.9 Å². The Balaban J connectivity index is 1.49. The van der Waals surface area contributed by atoms with Crippen LogP contribution >= 0.6 is 0 Å². The fourth-order valence-corrected chi connectivity index (χ4v) is 6.35. The van der Waals surface area contributed by atoms with Crippen LogP contribution in [0, 0.1) is 12.8 Å². The third-order valence-corrected chi connectivity index (χ3v) is 8.95. The van der Waals surface area contributed by atoms with Crippen molar-refractivity contribution in [1.82, 2.24) is 9.88 Å². The third kappa shape index (κ3) is 10.3. The van der Waals surface area contributed by atoms with Crippen molar-refractivity contribution in [2.24, 2.45) is 5.92 Å². The molecule has 1 aliphatic rings. The Morgan fingerprint density at radius 3 is 2.27 bits per heavy atom. The van der Waals surface area contributed by atoms with Crippen LogP contribution in [0.3, 0.4) is 0 Å². The first-order valence-corrected chi connectivity index (χ1v) is 18.3. The average molecular weight is 680 g/mol. The molecule has 1 saturated heterocycles. The molecule has 48 heavy (non-hydrogen) atoms. The van der Waals surface area contributed by atoms with Gasteiger partial charge in [-0.25, -0.2) is 13.2 Å². The molecule has 0 unspecified atom stereocenters. The molecule has 0 saturated carbocycles. The molecule has 2 aromatic carbocycles. The molecule has 0 aliphatic carbocycles. The lowest BCUT2D eigenvalue weighted by Gasteiger charge is -2.33. The average Bonchev–Trinajstić information content (AvgIpc) is 2.97. The van der Waals surface area contributed by atoms with Crippen molar-refractivity contribution in [3.05, 3.63) is 82.7 Å². The molecule has 4 rings (SSSR count). The first kappa shape index (κ1) is 36.9. The van der Waals surface area contributed by atoms with Gasteiger partial charge in [0, 0.05) is 42.9 Å². The molecule has 2 heterocycles. The van der Waals surface area contributed by atoms with E-state index < -0.39 is 21.3 Å². The maximum absolute atomic E-state index is 13.8. The first-order valence-electron chi connectivity index (χ1n) is 16.2. The highest BCUT2D eigenvalue weighted by molar-refractivity contribution is 7.89. The number of likely N-dealkylation sites (tertiary alicyclic amines) is 1. The number of carbonyl (C=O) groups excluding carboxylic acids is 2. The molecule has 10 nitrogen and oxygen atoms in total. The molecular weight excluding hydrogens is 630 g/mol. The van der Waals surface area contributed by atoms with Crippen LogP contribution in [0.2, 0.25) is 0 Å². The SMILES string of the molecule is CON(C(=O)c1ccc(C)c(Oc2ccnc(CC3CCN(C(=O)OC(C)(C)C)CC3)c2)c1)c1cc(CS(C)(=O)=O)cc(C(C)(C)C)c1. The molecule has 0 N–H and O–H groups in total. The van der Waals surface area contributed by atoms with Crippen molar-refractivity contribution in [3.63, 3.8) is 0 Å². The van der Waals surface area contributed by atoms with Gasteiger partial charge in [-0.2, -0.15) is 5.06 Å². The number of rotatable bonds is 9. The maximum Gasteiger partial charge on any atom is 0.410 e. The maximum atomic E-state index is 13.8. The van der Waals surface area contributed by atoms with Crippen LogP contribution in [-0.4, -0.2) is 62.4 Å². The summed E-state index contributed by atoms with van der Waals surface area (Å²) in [6.45, 7) is 14.9. The van der Waals surface area contributed by atoms with E-state index in [1.165, 1.54) is 18.4 Å².